The zero-order valence-corrected chi connectivity index (χ0v) is 12.5. The van der Waals surface area contributed by atoms with E-state index in [0.717, 1.165) is 38.8 Å². The van der Waals surface area contributed by atoms with E-state index >= 15 is 0 Å². The maximum Gasteiger partial charge on any atom is 0.227 e. The average molecular weight is 284 g/mol. The van der Waals surface area contributed by atoms with Crippen molar-refractivity contribution in [2.24, 2.45) is 11.7 Å². The van der Waals surface area contributed by atoms with Gasteiger partial charge in [0.1, 0.15) is 0 Å². The molecule has 2 aliphatic rings. The molecule has 0 radical (unpaired) electrons. The Morgan fingerprint density at radius 1 is 1.14 bits per heavy atom. The molecule has 1 aromatic carbocycles. The summed E-state index contributed by atoms with van der Waals surface area (Å²) in [6.45, 7) is 1.55. The van der Waals surface area contributed by atoms with Gasteiger partial charge in [0.25, 0.3) is 0 Å². The third kappa shape index (κ3) is 3.18. The van der Waals surface area contributed by atoms with Crippen molar-refractivity contribution in [1.29, 1.82) is 0 Å². The number of benzene rings is 1. The van der Waals surface area contributed by atoms with Crippen molar-refractivity contribution in [1.82, 2.24) is 4.90 Å². The Morgan fingerprint density at radius 2 is 1.90 bits per heavy atom. The minimum absolute atomic E-state index is 0.0467. The van der Waals surface area contributed by atoms with Gasteiger partial charge in [-0.2, -0.15) is 0 Å². The van der Waals surface area contributed by atoms with E-state index in [1.807, 2.05) is 11.0 Å². The third-order valence-electron chi connectivity index (χ3n) is 4.80. The van der Waals surface area contributed by atoms with Crippen LogP contribution < -0.4 is 5.73 Å². The summed E-state index contributed by atoms with van der Waals surface area (Å²) in [5.41, 5.74) is 8.77. The van der Waals surface area contributed by atoms with E-state index in [1.54, 1.807) is 0 Å². The zero-order valence-electron chi connectivity index (χ0n) is 12.5. The summed E-state index contributed by atoms with van der Waals surface area (Å²) in [5, 5.41) is 0. The minimum atomic E-state index is 0.0467. The molecule has 0 aromatic heterocycles. The molecule has 0 bridgehead atoms. The number of carbonyl (C=O) groups is 1. The molecule has 2 atom stereocenters. The lowest BCUT2D eigenvalue weighted by atomic mass is 9.84. The highest BCUT2D eigenvalue weighted by Crippen LogP contribution is 2.27. The molecule has 1 aliphatic heterocycles. The topological polar surface area (TPSA) is 46.3 Å². The second kappa shape index (κ2) is 6.44. The SMILES string of the molecule is NC1CCCCC1C(=O)N1CC=C(c2ccccc2)CC1. The summed E-state index contributed by atoms with van der Waals surface area (Å²) in [5.74, 6) is 0.316. The Morgan fingerprint density at radius 3 is 2.57 bits per heavy atom. The molecule has 1 saturated carbocycles. The number of carbonyl (C=O) groups excluding carboxylic acids is 1. The molecular formula is C18H24N2O. The second-order valence-electron chi connectivity index (χ2n) is 6.18. The van der Waals surface area contributed by atoms with Crippen LogP contribution in [0.3, 0.4) is 0 Å². The Kier molecular flexibility index (Phi) is 4.39. The fourth-order valence-electron chi connectivity index (χ4n) is 3.48. The summed E-state index contributed by atoms with van der Waals surface area (Å²) in [4.78, 5) is 14.6. The van der Waals surface area contributed by atoms with Crippen molar-refractivity contribution in [2.45, 2.75) is 38.1 Å². The molecule has 1 fully saturated rings. The van der Waals surface area contributed by atoms with E-state index in [9.17, 15) is 4.79 Å². The molecular weight excluding hydrogens is 260 g/mol. The summed E-state index contributed by atoms with van der Waals surface area (Å²) >= 11 is 0. The van der Waals surface area contributed by atoms with Crippen molar-refractivity contribution >= 4 is 11.5 Å². The van der Waals surface area contributed by atoms with Crippen LogP contribution in [0.4, 0.5) is 0 Å². The molecule has 21 heavy (non-hydrogen) atoms. The fourth-order valence-corrected chi connectivity index (χ4v) is 3.48. The van der Waals surface area contributed by atoms with Crippen LogP contribution in [-0.2, 0) is 4.79 Å². The monoisotopic (exact) mass is 284 g/mol. The van der Waals surface area contributed by atoms with Gasteiger partial charge in [-0.1, -0.05) is 49.2 Å². The molecule has 0 spiro atoms. The Bertz CT molecular complexity index is 523. The molecule has 0 saturated heterocycles. The van der Waals surface area contributed by atoms with Gasteiger partial charge in [-0.3, -0.25) is 4.79 Å². The first-order valence-electron chi connectivity index (χ1n) is 8.04. The molecule has 3 nitrogen and oxygen atoms in total. The number of hydrogen-bond acceptors (Lipinski definition) is 2. The van der Waals surface area contributed by atoms with Gasteiger partial charge in [0.15, 0.2) is 0 Å². The second-order valence-corrected chi connectivity index (χ2v) is 6.18. The number of nitrogens with two attached hydrogens (primary N) is 1. The van der Waals surface area contributed by atoms with Crippen LogP contribution in [0.25, 0.3) is 5.57 Å². The highest BCUT2D eigenvalue weighted by molar-refractivity contribution is 5.81. The first kappa shape index (κ1) is 14.3. The van der Waals surface area contributed by atoms with E-state index < -0.39 is 0 Å². The third-order valence-corrected chi connectivity index (χ3v) is 4.80. The first-order chi connectivity index (χ1) is 10.3. The van der Waals surface area contributed by atoms with E-state index in [4.69, 9.17) is 5.73 Å². The summed E-state index contributed by atoms with van der Waals surface area (Å²) in [6.07, 6.45) is 7.41. The van der Waals surface area contributed by atoms with Gasteiger partial charge in [0.2, 0.25) is 5.91 Å². The van der Waals surface area contributed by atoms with Crippen LogP contribution in [0, 0.1) is 5.92 Å². The summed E-state index contributed by atoms with van der Waals surface area (Å²) < 4.78 is 0. The standard InChI is InChI=1S/C18H24N2O/c19-17-9-5-4-8-16(17)18(21)20-12-10-15(11-13-20)14-6-2-1-3-7-14/h1-3,6-7,10,16-17H,4-5,8-9,11-13,19H2. The minimum Gasteiger partial charge on any atom is -0.338 e. The van der Waals surface area contributed by atoms with Crippen molar-refractivity contribution in [2.75, 3.05) is 13.1 Å². The van der Waals surface area contributed by atoms with Crippen LogP contribution in [0.15, 0.2) is 36.4 Å². The Labute approximate surface area is 126 Å². The summed E-state index contributed by atoms with van der Waals surface area (Å²) in [6, 6.07) is 10.5. The van der Waals surface area contributed by atoms with Gasteiger partial charge in [-0.05, 0) is 30.4 Å². The first-order valence-corrected chi connectivity index (χ1v) is 8.04. The van der Waals surface area contributed by atoms with Gasteiger partial charge in [0, 0.05) is 19.1 Å². The highest BCUT2D eigenvalue weighted by Gasteiger charge is 2.32. The molecule has 3 rings (SSSR count). The molecule has 3 heteroatoms. The largest absolute Gasteiger partial charge is 0.338 e. The predicted octanol–water partition coefficient (Wildman–Crippen LogP) is 2.82. The number of amides is 1. The van der Waals surface area contributed by atoms with Gasteiger partial charge < -0.3 is 10.6 Å². The fraction of sp³-hybridized carbons (Fsp3) is 0.500. The average Bonchev–Trinajstić information content (AvgIpc) is 2.56. The number of nitrogens with zero attached hydrogens (tertiary/aromatic N) is 1. The molecule has 1 aromatic rings. The Hall–Kier alpha value is -1.61. The lowest BCUT2D eigenvalue weighted by molar-refractivity contribution is -0.136. The van der Waals surface area contributed by atoms with E-state index in [0.29, 0.717) is 0 Å². The lowest BCUT2D eigenvalue weighted by Gasteiger charge is -2.34. The van der Waals surface area contributed by atoms with E-state index in [-0.39, 0.29) is 17.9 Å². The predicted molar refractivity (Wildman–Crippen MR) is 85.5 cm³/mol. The van der Waals surface area contributed by atoms with Crippen LogP contribution in [-0.4, -0.2) is 29.9 Å². The zero-order chi connectivity index (χ0) is 14.7. The van der Waals surface area contributed by atoms with Crippen LogP contribution in [0.5, 0.6) is 0 Å². The summed E-state index contributed by atoms with van der Waals surface area (Å²) in [7, 11) is 0. The molecule has 2 N–H and O–H groups in total. The van der Waals surface area contributed by atoms with Crippen molar-refractivity contribution in [3.8, 4) is 0 Å². The number of hydrogen-bond donors (Lipinski definition) is 1. The quantitative estimate of drug-likeness (QED) is 0.907. The van der Waals surface area contributed by atoms with E-state index in [1.165, 1.54) is 17.6 Å². The smallest absolute Gasteiger partial charge is 0.227 e. The van der Waals surface area contributed by atoms with Gasteiger partial charge in [0.05, 0.1) is 5.92 Å². The lowest BCUT2D eigenvalue weighted by Crippen LogP contribution is -2.46. The van der Waals surface area contributed by atoms with Gasteiger partial charge in [-0.25, -0.2) is 0 Å². The van der Waals surface area contributed by atoms with Crippen molar-refractivity contribution < 1.29 is 4.79 Å². The van der Waals surface area contributed by atoms with Crippen LogP contribution >= 0.6 is 0 Å². The Balaban J connectivity index is 1.65. The molecule has 112 valence electrons. The van der Waals surface area contributed by atoms with Crippen LogP contribution in [0.2, 0.25) is 0 Å². The maximum absolute atomic E-state index is 12.6. The molecule has 1 amide bonds. The van der Waals surface area contributed by atoms with Crippen LogP contribution in [0.1, 0.15) is 37.7 Å². The van der Waals surface area contributed by atoms with Crippen molar-refractivity contribution in [3.63, 3.8) is 0 Å². The van der Waals surface area contributed by atoms with Gasteiger partial charge >= 0.3 is 0 Å². The van der Waals surface area contributed by atoms with E-state index in [2.05, 4.69) is 30.3 Å². The molecule has 1 aliphatic carbocycles. The maximum atomic E-state index is 12.6. The van der Waals surface area contributed by atoms with Crippen molar-refractivity contribution in [3.05, 3.63) is 42.0 Å². The normalized spacial score (nSPS) is 26.3. The molecule has 2 unspecified atom stereocenters. The van der Waals surface area contributed by atoms with Gasteiger partial charge in [-0.15, -0.1) is 0 Å². The highest BCUT2D eigenvalue weighted by atomic mass is 16.2. The molecule has 1 heterocycles. The number of rotatable bonds is 2.